The van der Waals surface area contributed by atoms with Gasteiger partial charge in [-0.25, -0.2) is 4.79 Å². The van der Waals surface area contributed by atoms with Gasteiger partial charge in [0.05, 0.1) is 0 Å². The molecule has 16 heavy (non-hydrogen) atoms. The average molecular weight is 225 g/mol. The number of hydrogen-bond acceptors (Lipinski definition) is 2. The lowest BCUT2D eigenvalue weighted by molar-refractivity contribution is 0.00940. The van der Waals surface area contributed by atoms with Crippen LogP contribution in [0.2, 0.25) is 0 Å². The van der Waals surface area contributed by atoms with Gasteiger partial charge in [-0.1, -0.05) is 6.92 Å². The van der Waals surface area contributed by atoms with Gasteiger partial charge in [-0.05, 0) is 51.4 Å². The number of carbonyl (C=O) groups excluding carboxylic acids is 1. The summed E-state index contributed by atoms with van der Waals surface area (Å²) in [6.45, 7) is 9.89. The quantitative estimate of drug-likeness (QED) is 0.634. The second kappa shape index (κ2) is 3.94. The number of amides is 1. The molecule has 2 unspecified atom stereocenters. The Labute approximate surface area is 98.1 Å². The normalized spacial score (nSPS) is 34.0. The summed E-state index contributed by atoms with van der Waals surface area (Å²) in [6, 6.07) is 0. The van der Waals surface area contributed by atoms with E-state index in [0.29, 0.717) is 11.8 Å². The second-order valence-electron chi connectivity index (χ2n) is 6.34. The standard InChI is InChI=1S/C13H23NO2/c1-9-10-5-6-11(9)8-14(7-10)12(15)16-13(2,3)4/h9-11H,5-8H2,1-4H3. The summed E-state index contributed by atoms with van der Waals surface area (Å²) < 4.78 is 5.42. The first-order chi connectivity index (χ1) is 7.37. The third-order valence-electron chi connectivity index (χ3n) is 3.96. The minimum Gasteiger partial charge on any atom is -0.444 e. The van der Waals surface area contributed by atoms with E-state index < -0.39 is 0 Å². The van der Waals surface area contributed by atoms with Gasteiger partial charge in [-0.2, -0.15) is 0 Å². The summed E-state index contributed by atoms with van der Waals surface area (Å²) in [5, 5.41) is 0. The molecule has 2 bridgehead atoms. The molecule has 0 aromatic rings. The van der Waals surface area contributed by atoms with Crippen molar-refractivity contribution in [1.29, 1.82) is 0 Å². The monoisotopic (exact) mass is 225 g/mol. The molecule has 1 saturated heterocycles. The van der Waals surface area contributed by atoms with E-state index in [1.165, 1.54) is 12.8 Å². The van der Waals surface area contributed by atoms with Crippen molar-refractivity contribution in [3.63, 3.8) is 0 Å². The summed E-state index contributed by atoms with van der Waals surface area (Å²) in [5.74, 6) is 2.19. The Bertz CT molecular complexity index is 268. The van der Waals surface area contributed by atoms with Gasteiger partial charge in [0, 0.05) is 13.1 Å². The van der Waals surface area contributed by atoms with Gasteiger partial charge in [0.15, 0.2) is 0 Å². The van der Waals surface area contributed by atoms with E-state index >= 15 is 0 Å². The van der Waals surface area contributed by atoms with Crippen LogP contribution in [0.5, 0.6) is 0 Å². The Morgan fingerprint density at radius 1 is 1.19 bits per heavy atom. The number of carbonyl (C=O) groups is 1. The van der Waals surface area contributed by atoms with Crippen molar-refractivity contribution in [3.05, 3.63) is 0 Å². The highest BCUT2D eigenvalue weighted by atomic mass is 16.6. The van der Waals surface area contributed by atoms with E-state index in [0.717, 1.165) is 19.0 Å². The Balaban J connectivity index is 1.95. The molecular formula is C13H23NO2. The minimum absolute atomic E-state index is 0.128. The van der Waals surface area contributed by atoms with Crippen LogP contribution in [0.4, 0.5) is 4.79 Å². The van der Waals surface area contributed by atoms with Crippen molar-refractivity contribution < 1.29 is 9.53 Å². The zero-order valence-electron chi connectivity index (χ0n) is 10.8. The highest BCUT2D eigenvalue weighted by Crippen LogP contribution is 2.41. The molecule has 1 heterocycles. The molecule has 2 rings (SSSR count). The Morgan fingerprint density at radius 3 is 2.12 bits per heavy atom. The van der Waals surface area contributed by atoms with E-state index in [2.05, 4.69) is 6.92 Å². The number of fused-ring (bicyclic) bond motifs is 2. The fourth-order valence-corrected chi connectivity index (χ4v) is 2.97. The fraction of sp³-hybridized carbons (Fsp3) is 0.923. The topological polar surface area (TPSA) is 29.5 Å². The van der Waals surface area contributed by atoms with Crippen LogP contribution >= 0.6 is 0 Å². The summed E-state index contributed by atoms with van der Waals surface area (Å²) >= 11 is 0. The molecule has 0 aromatic carbocycles. The van der Waals surface area contributed by atoms with Gasteiger partial charge >= 0.3 is 6.09 Å². The molecule has 1 saturated carbocycles. The number of hydrogen-bond donors (Lipinski definition) is 0. The number of piperidine rings is 1. The number of nitrogens with zero attached hydrogens (tertiary/aromatic N) is 1. The number of ether oxygens (including phenoxy) is 1. The first kappa shape index (κ1) is 11.7. The zero-order chi connectivity index (χ0) is 11.9. The molecule has 1 amide bonds. The summed E-state index contributed by atoms with van der Waals surface area (Å²) in [4.78, 5) is 13.9. The number of likely N-dealkylation sites (tertiary alicyclic amines) is 1. The maximum atomic E-state index is 11.9. The molecule has 2 fully saturated rings. The molecule has 2 aliphatic rings. The first-order valence-corrected chi connectivity index (χ1v) is 6.35. The predicted octanol–water partition coefficient (Wildman–Crippen LogP) is 2.90. The van der Waals surface area contributed by atoms with E-state index in [1.54, 1.807) is 0 Å². The molecule has 0 spiro atoms. The number of rotatable bonds is 0. The van der Waals surface area contributed by atoms with Gasteiger partial charge in [-0.3, -0.25) is 0 Å². The first-order valence-electron chi connectivity index (χ1n) is 6.35. The molecular weight excluding hydrogens is 202 g/mol. The molecule has 0 aromatic heterocycles. The SMILES string of the molecule is CC1C2CCC1CN(C(=O)OC(C)(C)C)C2. The molecule has 92 valence electrons. The van der Waals surface area contributed by atoms with Crippen LogP contribution in [0.3, 0.4) is 0 Å². The lowest BCUT2D eigenvalue weighted by Crippen LogP contribution is -2.46. The van der Waals surface area contributed by atoms with Gasteiger partial charge in [0.2, 0.25) is 0 Å². The van der Waals surface area contributed by atoms with Crippen LogP contribution < -0.4 is 0 Å². The van der Waals surface area contributed by atoms with E-state index in [-0.39, 0.29) is 11.7 Å². The van der Waals surface area contributed by atoms with E-state index in [1.807, 2.05) is 25.7 Å². The van der Waals surface area contributed by atoms with Crippen molar-refractivity contribution in [2.75, 3.05) is 13.1 Å². The third kappa shape index (κ3) is 2.33. The fourth-order valence-electron chi connectivity index (χ4n) is 2.97. The lowest BCUT2D eigenvalue weighted by Gasteiger charge is -2.37. The maximum Gasteiger partial charge on any atom is 0.410 e. The van der Waals surface area contributed by atoms with Crippen molar-refractivity contribution in [2.24, 2.45) is 17.8 Å². The van der Waals surface area contributed by atoms with E-state index in [4.69, 9.17) is 4.74 Å². The van der Waals surface area contributed by atoms with Crippen molar-refractivity contribution in [1.82, 2.24) is 4.90 Å². The molecule has 3 nitrogen and oxygen atoms in total. The third-order valence-corrected chi connectivity index (χ3v) is 3.96. The molecule has 1 aliphatic heterocycles. The summed E-state index contributed by atoms with van der Waals surface area (Å²) in [6.07, 6.45) is 2.44. The van der Waals surface area contributed by atoms with Crippen LogP contribution in [0.25, 0.3) is 0 Å². The van der Waals surface area contributed by atoms with Gasteiger partial charge in [-0.15, -0.1) is 0 Å². The van der Waals surface area contributed by atoms with Gasteiger partial charge in [0.1, 0.15) is 5.60 Å². The second-order valence-corrected chi connectivity index (χ2v) is 6.34. The Hall–Kier alpha value is -0.730. The predicted molar refractivity (Wildman–Crippen MR) is 63.2 cm³/mol. The molecule has 2 atom stereocenters. The average Bonchev–Trinajstić information content (AvgIpc) is 2.38. The van der Waals surface area contributed by atoms with Crippen molar-refractivity contribution >= 4 is 6.09 Å². The Morgan fingerprint density at radius 2 is 1.69 bits per heavy atom. The van der Waals surface area contributed by atoms with Crippen molar-refractivity contribution in [2.45, 2.75) is 46.1 Å². The van der Waals surface area contributed by atoms with Gasteiger partial charge < -0.3 is 9.64 Å². The lowest BCUT2D eigenvalue weighted by atomic mass is 9.87. The smallest absolute Gasteiger partial charge is 0.410 e. The highest BCUT2D eigenvalue weighted by Gasteiger charge is 2.41. The van der Waals surface area contributed by atoms with Crippen LogP contribution in [-0.4, -0.2) is 29.7 Å². The van der Waals surface area contributed by atoms with Crippen LogP contribution in [0, 0.1) is 17.8 Å². The minimum atomic E-state index is -0.376. The van der Waals surface area contributed by atoms with Crippen LogP contribution in [0.1, 0.15) is 40.5 Å². The largest absolute Gasteiger partial charge is 0.444 e. The van der Waals surface area contributed by atoms with Gasteiger partial charge in [0.25, 0.3) is 0 Å². The molecule has 3 heteroatoms. The maximum absolute atomic E-state index is 11.9. The van der Waals surface area contributed by atoms with E-state index in [9.17, 15) is 4.79 Å². The highest BCUT2D eigenvalue weighted by molar-refractivity contribution is 5.68. The summed E-state index contributed by atoms with van der Waals surface area (Å²) in [5.41, 5.74) is -0.376. The molecule has 0 N–H and O–H groups in total. The van der Waals surface area contributed by atoms with Crippen molar-refractivity contribution in [3.8, 4) is 0 Å². The Kier molecular flexibility index (Phi) is 2.89. The van der Waals surface area contributed by atoms with Crippen LogP contribution in [0.15, 0.2) is 0 Å². The molecule has 0 radical (unpaired) electrons. The van der Waals surface area contributed by atoms with Crippen LogP contribution in [-0.2, 0) is 4.74 Å². The zero-order valence-corrected chi connectivity index (χ0v) is 10.8. The summed E-state index contributed by atoms with van der Waals surface area (Å²) in [7, 11) is 0. The molecule has 1 aliphatic carbocycles.